The van der Waals surface area contributed by atoms with Gasteiger partial charge in [-0.05, 0) is 46.3 Å². The molecule has 142 valence electrons. The lowest BCUT2D eigenvalue weighted by molar-refractivity contribution is -0.192. The van der Waals surface area contributed by atoms with Gasteiger partial charge in [0.1, 0.15) is 5.75 Å². The zero-order chi connectivity index (χ0) is 20.0. The van der Waals surface area contributed by atoms with Gasteiger partial charge in [0.25, 0.3) is 0 Å². The van der Waals surface area contributed by atoms with E-state index in [9.17, 15) is 13.2 Å². The molecular weight excluding hydrogens is 435 g/mol. The Bertz CT molecular complexity index is 917. The summed E-state index contributed by atoms with van der Waals surface area (Å²) in [6.07, 6.45) is -1.71. The van der Waals surface area contributed by atoms with Crippen molar-refractivity contribution in [2.75, 3.05) is 7.11 Å². The first kappa shape index (κ1) is 20.4. The summed E-state index contributed by atoms with van der Waals surface area (Å²) < 4.78 is 43.5. The van der Waals surface area contributed by atoms with Crippen LogP contribution in [0.2, 0.25) is 0 Å². The van der Waals surface area contributed by atoms with Gasteiger partial charge < -0.3 is 14.3 Å². The summed E-state index contributed by atoms with van der Waals surface area (Å²) in [4.78, 5) is 12.9. The topological polar surface area (TPSA) is 98.3 Å². The third kappa shape index (κ3) is 5.51. The highest BCUT2D eigenvalue weighted by molar-refractivity contribution is 9.10. The van der Waals surface area contributed by atoms with Crippen molar-refractivity contribution in [1.29, 1.82) is 0 Å². The summed E-state index contributed by atoms with van der Waals surface area (Å²) in [5.41, 5.74) is 1.57. The standard InChI is InChI=1S/C14H10BrN3O2.C2HF3O2/c1-19-10-4-5-12(15)11(7-10)14-18-17-13(20-14)9-3-2-6-16-8-9;3-2(4,5)1(6)7/h2-8H,1H3;(H,6,7). The van der Waals surface area contributed by atoms with E-state index in [1.54, 1.807) is 19.5 Å². The van der Waals surface area contributed by atoms with Gasteiger partial charge in [-0.2, -0.15) is 13.2 Å². The number of halogens is 4. The molecule has 27 heavy (non-hydrogen) atoms. The van der Waals surface area contributed by atoms with Gasteiger partial charge in [0.2, 0.25) is 11.8 Å². The number of aromatic nitrogens is 3. The molecule has 0 unspecified atom stereocenters. The first-order valence-corrected chi connectivity index (χ1v) is 7.89. The summed E-state index contributed by atoms with van der Waals surface area (Å²) >= 11 is 3.47. The zero-order valence-corrected chi connectivity index (χ0v) is 15.2. The van der Waals surface area contributed by atoms with E-state index < -0.39 is 12.1 Å². The van der Waals surface area contributed by atoms with E-state index in [2.05, 4.69) is 31.1 Å². The normalized spacial score (nSPS) is 10.7. The highest BCUT2D eigenvalue weighted by Gasteiger charge is 2.38. The SMILES string of the molecule is COc1ccc(Br)c(-c2nnc(-c3cccnc3)o2)c1.O=C(O)C(F)(F)F. The maximum atomic E-state index is 10.6. The number of carboxylic acids is 1. The number of carbonyl (C=O) groups is 1. The predicted molar refractivity (Wildman–Crippen MR) is 90.9 cm³/mol. The number of ether oxygens (including phenoxy) is 1. The molecule has 0 bridgehead atoms. The molecule has 2 aromatic heterocycles. The van der Waals surface area contributed by atoms with Gasteiger partial charge in [-0.1, -0.05) is 0 Å². The summed E-state index contributed by atoms with van der Waals surface area (Å²) in [5, 5.41) is 15.2. The van der Waals surface area contributed by atoms with E-state index in [0.29, 0.717) is 11.8 Å². The van der Waals surface area contributed by atoms with Crippen molar-refractivity contribution in [3.05, 3.63) is 47.2 Å². The quantitative estimate of drug-likeness (QED) is 0.644. The zero-order valence-electron chi connectivity index (χ0n) is 13.6. The van der Waals surface area contributed by atoms with Gasteiger partial charge in [0.15, 0.2) is 0 Å². The molecule has 11 heteroatoms. The van der Waals surface area contributed by atoms with E-state index in [0.717, 1.165) is 21.3 Å². The second-order valence-electron chi connectivity index (χ2n) is 4.80. The van der Waals surface area contributed by atoms with Crippen molar-refractivity contribution >= 4 is 21.9 Å². The number of aliphatic carboxylic acids is 1. The molecular formula is C16H11BrF3N3O4. The molecule has 3 aromatic rings. The van der Waals surface area contributed by atoms with Crippen molar-refractivity contribution in [3.8, 4) is 28.7 Å². The highest BCUT2D eigenvalue weighted by atomic mass is 79.9. The molecule has 0 saturated heterocycles. The Hall–Kier alpha value is -2.95. The van der Waals surface area contributed by atoms with Crippen LogP contribution in [-0.4, -0.2) is 39.5 Å². The van der Waals surface area contributed by atoms with Crippen LogP contribution in [0.25, 0.3) is 22.9 Å². The van der Waals surface area contributed by atoms with Gasteiger partial charge in [-0.15, -0.1) is 10.2 Å². The molecule has 0 aliphatic heterocycles. The number of pyridine rings is 1. The average molecular weight is 446 g/mol. The largest absolute Gasteiger partial charge is 0.497 e. The number of alkyl halides is 3. The van der Waals surface area contributed by atoms with Crippen LogP contribution < -0.4 is 4.74 Å². The summed E-state index contributed by atoms with van der Waals surface area (Å²) in [7, 11) is 1.61. The van der Waals surface area contributed by atoms with Crippen molar-refractivity contribution in [2.45, 2.75) is 6.18 Å². The third-order valence-corrected chi connectivity index (χ3v) is 3.67. The molecule has 7 nitrogen and oxygen atoms in total. The molecule has 0 aliphatic carbocycles. The second kappa shape index (κ2) is 8.62. The fraction of sp³-hybridized carbons (Fsp3) is 0.125. The van der Waals surface area contributed by atoms with E-state index in [1.165, 1.54) is 0 Å². The average Bonchev–Trinajstić information content (AvgIpc) is 3.12. The van der Waals surface area contributed by atoms with Crippen LogP contribution in [-0.2, 0) is 4.79 Å². The predicted octanol–water partition coefficient (Wildman–Crippen LogP) is 4.20. The molecule has 0 spiro atoms. The van der Waals surface area contributed by atoms with Gasteiger partial charge in [0.05, 0.1) is 18.2 Å². The number of carboxylic acid groups (broad SMARTS) is 1. The fourth-order valence-electron chi connectivity index (χ4n) is 1.73. The number of nitrogens with zero attached hydrogens (tertiary/aromatic N) is 3. The molecule has 0 amide bonds. The van der Waals surface area contributed by atoms with E-state index in [-0.39, 0.29) is 0 Å². The smallest absolute Gasteiger partial charge is 0.490 e. The minimum atomic E-state index is -5.08. The third-order valence-electron chi connectivity index (χ3n) is 2.98. The van der Waals surface area contributed by atoms with E-state index >= 15 is 0 Å². The van der Waals surface area contributed by atoms with Gasteiger partial charge in [-0.3, -0.25) is 4.98 Å². The maximum Gasteiger partial charge on any atom is 0.490 e. The molecule has 0 radical (unpaired) electrons. The molecule has 0 atom stereocenters. The Labute approximate surface area is 159 Å². The Morgan fingerprint density at radius 2 is 1.89 bits per heavy atom. The molecule has 1 aromatic carbocycles. The van der Waals surface area contributed by atoms with Crippen LogP contribution in [0.15, 0.2) is 51.6 Å². The van der Waals surface area contributed by atoms with Crippen molar-refractivity contribution in [2.24, 2.45) is 0 Å². The lowest BCUT2D eigenvalue weighted by atomic mass is 10.2. The molecule has 0 aliphatic rings. The first-order valence-electron chi connectivity index (χ1n) is 7.10. The molecule has 0 fully saturated rings. The number of benzene rings is 1. The van der Waals surface area contributed by atoms with Crippen LogP contribution in [0.1, 0.15) is 0 Å². The molecule has 1 N–H and O–H groups in total. The van der Waals surface area contributed by atoms with Gasteiger partial charge >= 0.3 is 12.1 Å². The van der Waals surface area contributed by atoms with Crippen LogP contribution in [0.3, 0.4) is 0 Å². The van der Waals surface area contributed by atoms with Crippen LogP contribution in [0, 0.1) is 0 Å². The van der Waals surface area contributed by atoms with Crippen molar-refractivity contribution in [3.63, 3.8) is 0 Å². The lowest BCUT2D eigenvalue weighted by Crippen LogP contribution is -2.21. The number of methoxy groups -OCH3 is 1. The van der Waals surface area contributed by atoms with Crippen LogP contribution >= 0.6 is 15.9 Å². The summed E-state index contributed by atoms with van der Waals surface area (Å²) in [6, 6.07) is 9.25. The maximum absolute atomic E-state index is 10.6. The number of hydrogen-bond donors (Lipinski definition) is 1. The Kier molecular flexibility index (Phi) is 6.50. The lowest BCUT2D eigenvalue weighted by Gasteiger charge is -2.03. The second-order valence-corrected chi connectivity index (χ2v) is 5.66. The highest BCUT2D eigenvalue weighted by Crippen LogP contribution is 2.32. The summed E-state index contributed by atoms with van der Waals surface area (Å²) in [6.45, 7) is 0. The minimum absolute atomic E-state index is 0.426. The van der Waals surface area contributed by atoms with Crippen LogP contribution in [0.4, 0.5) is 13.2 Å². The van der Waals surface area contributed by atoms with E-state index in [4.69, 9.17) is 19.1 Å². The van der Waals surface area contributed by atoms with Crippen molar-refractivity contribution in [1.82, 2.24) is 15.2 Å². The monoisotopic (exact) mass is 445 g/mol. The number of rotatable bonds is 3. The summed E-state index contributed by atoms with van der Waals surface area (Å²) in [5.74, 6) is -1.17. The van der Waals surface area contributed by atoms with Gasteiger partial charge in [-0.25, -0.2) is 4.79 Å². The minimum Gasteiger partial charge on any atom is -0.497 e. The Morgan fingerprint density at radius 3 is 2.44 bits per heavy atom. The Balaban J connectivity index is 0.000000321. The van der Waals surface area contributed by atoms with Crippen molar-refractivity contribution < 1.29 is 32.2 Å². The molecule has 3 rings (SSSR count). The first-order chi connectivity index (χ1) is 12.7. The van der Waals surface area contributed by atoms with Crippen LogP contribution in [0.5, 0.6) is 5.75 Å². The number of hydrogen-bond acceptors (Lipinski definition) is 6. The fourth-order valence-corrected chi connectivity index (χ4v) is 2.15. The van der Waals surface area contributed by atoms with Gasteiger partial charge in [0, 0.05) is 16.9 Å². The Morgan fingerprint density at radius 1 is 1.22 bits per heavy atom. The molecule has 0 saturated carbocycles. The van der Waals surface area contributed by atoms with E-state index in [1.807, 2.05) is 30.3 Å². The molecule has 2 heterocycles.